The third kappa shape index (κ3) is 6.62. The summed E-state index contributed by atoms with van der Waals surface area (Å²) in [7, 11) is 0. The zero-order valence-electron chi connectivity index (χ0n) is 23.5. The van der Waals surface area contributed by atoms with E-state index in [1.807, 2.05) is 42.5 Å². The number of nitrogens with zero attached hydrogens (tertiary/aromatic N) is 5. The summed E-state index contributed by atoms with van der Waals surface area (Å²) in [6.45, 7) is 7.43. The Hall–Kier alpha value is -4.11. The van der Waals surface area contributed by atoms with Gasteiger partial charge in [0.05, 0.1) is 6.54 Å². The zero-order valence-corrected chi connectivity index (χ0v) is 24.3. The zero-order chi connectivity index (χ0) is 28.0. The van der Waals surface area contributed by atoms with Crippen LogP contribution in [-0.2, 0) is 6.54 Å². The van der Waals surface area contributed by atoms with Crippen LogP contribution in [0.2, 0.25) is 0 Å². The second kappa shape index (κ2) is 12.6. The fourth-order valence-corrected chi connectivity index (χ4v) is 5.77. The van der Waals surface area contributed by atoms with Crippen molar-refractivity contribution in [2.24, 2.45) is 0 Å². The molecule has 2 aromatic carbocycles. The average molecular weight is 568 g/mol. The number of aromatic nitrogens is 2. The number of benzene rings is 2. The fraction of sp³-hybridized carbons (Fsp3) is 0.344. The second-order valence-corrected chi connectivity index (χ2v) is 11.1. The highest BCUT2D eigenvalue weighted by molar-refractivity contribution is 7.80. The molecule has 2 aliphatic heterocycles. The van der Waals surface area contributed by atoms with Gasteiger partial charge in [-0.05, 0) is 62.7 Å². The third-order valence-corrected chi connectivity index (χ3v) is 8.14. The Kier molecular flexibility index (Phi) is 8.32. The molecular formula is C32H37N7OS. The first-order valence-electron chi connectivity index (χ1n) is 14.5. The number of furan rings is 1. The molecule has 2 N–H and O–H groups in total. The van der Waals surface area contributed by atoms with Gasteiger partial charge in [-0.2, -0.15) is 9.97 Å². The van der Waals surface area contributed by atoms with Crippen LogP contribution in [-0.4, -0.2) is 53.8 Å². The molecule has 6 rings (SSSR count). The van der Waals surface area contributed by atoms with Gasteiger partial charge in [0, 0.05) is 56.1 Å². The Balaban J connectivity index is 1.14. The molecular weight excluding hydrogens is 530 g/mol. The molecule has 2 aliphatic rings. The van der Waals surface area contributed by atoms with Crippen molar-refractivity contribution in [3.05, 3.63) is 84.6 Å². The molecule has 212 valence electrons. The first-order chi connectivity index (χ1) is 20.1. The van der Waals surface area contributed by atoms with E-state index < -0.39 is 0 Å². The molecule has 2 fully saturated rings. The van der Waals surface area contributed by atoms with Gasteiger partial charge < -0.3 is 29.8 Å². The summed E-state index contributed by atoms with van der Waals surface area (Å²) in [5.41, 5.74) is 2.32. The molecule has 9 heteroatoms. The number of nitrogens with one attached hydrogen (secondary N) is 2. The quantitative estimate of drug-likeness (QED) is 0.265. The molecule has 8 nitrogen and oxygen atoms in total. The van der Waals surface area contributed by atoms with E-state index in [1.54, 1.807) is 0 Å². The number of anilines is 4. The molecule has 0 aliphatic carbocycles. The number of piperazine rings is 1. The lowest BCUT2D eigenvalue weighted by atomic mass is 10.0. The SMILES string of the molecule is C[C@H]1CCCCN1c1cc(N2CCN(c3ccccc3)CC2)nc(NC(=S)NCc2ccc(-c3ccccc3)o2)n1. The molecule has 0 saturated carbocycles. The summed E-state index contributed by atoms with van der Waals surface area (Å²) in [5, 5.41) is 6.97. The van der Waals surface area contributed by atoms with Crippen molar-refractivity contribution in [3.8, 4) is 11.3 Å². The van der Waals surface area contributed by atoms with Gasteiger partial charge in [-0.15, -0.1) is 0 Å². The average Bonchev–Trinajstić information content (AvgIpc) is 3.50. The van der Waals surface area contributed by atoms with Crippen LogP contribution in [0.1, 0.15) is 31.9 Å². The van der Waals surface area contributed by atoms with Crippen molar-refractivity contribution in [3.63, 3.8) is 0 Å². The summed E-state index contributed by atoms with van der Waals surface area (Å²) in [6, 6.07) is 27.2. The maximum absolute atomic E-state index is 6.02. The maximum Gasteiger partial charge on any atom is 0.232 e. The van der Waals surface area contributed by atoms with Crippen LogP contribution in [0.25, 0.3) is 11.3 Å². The predicted molar refractivity (Wildman–Crippen MR) is 171 cm³/mol. The number of piperidine rings is 1. The minimum Gasteiger partial charge on any atom is -0.459 e. The van der Waals surface area contributed by atoms with Crippen LogP contribution >= 0.6 is 12.2 Å². The predicted octanol–water partition coefficient (Wildman–Crippen LogP) is 5.93. The lowest BCUT2D eigenvalue weighted by molar-refractivity contribution is 0.481. The van der Waals surface area contributed by atoms with Gasteiger partial charge in [-0.1, -0.05) is 48.5 Å². The van der Waals surface area contributed by atoms with Gasteiger partial charge >= 0.3 is 0 Å². The number of thiocarbonyl (C=S) groups is 1. The summed E-state index contributed by atoms with van der Waals surface area (Å²) >= 11 is 5.65. The van der Waals surface area contributed by atoms with Gasteiger partial charge in [0.15, 0.2) is 5.11 Å². The standard InChI is InChI=1S/C32H37N7OS/c1-24-10-8-9-17-39(24)30-22-29(38-20-18-37(19-21-38)26-13-6-3-7-14-26)34-31(35-30)36-32(41)33-23-27-15-16-28(40-27)25-11-4-2-5-12-25/h2-7,11-16,22,24H,8-10,17-21,23H2,1H3,(H2,33,34,35,36,41)/t24-/m0/s1. The number of rotatable bonds is 7. The van der Waals surface area contributed by atoms with Gasteiger partial charge in [0.2, 0.25) is 5.95 Å². The molecule has 41 heavy (non-hydrogen) atoms. The van der Waals surface area contributed by atoms with Gasteiger partial charge in [0.1, 0.15) is 23.2 Å². The largest absolute Gasteiger partial charge is 0.459 e. The number of hydrogen-bond donors (Lipinski definition) is 2. The molecule has 1 atom stereocenters. The Bertz CT molecular complexity index is 1440. The van der Waals surface area contributed by atoms with Crippen molar-refractivity contribution in [2.45, 2.75) is 38.8 Å². The van der Waals surface area contributed by atoms with Gasteiger partial charge in [-0.3, -0.25) is 0 Å². The van der Waals surface area contributed by atoms with Gasteiger partial charge in [0.25, 0.3) is 0 Å². The first-order valence-corrected chi connectivity index (χ1v) is 14.9. The van der Waals surface area contributed by atoms with Crippen molar-refractivity contribution in [2.75, 3.05) is 52.7 Å². The van der Waals surface area contributed by atoms with Crippen molar-refractivity contribution in [1.82, 2.24) is 15.3 Å². The number of hydrogen-bond acceptors (Lipinski definition) is 7. The van der Waals surface area contributed by atoms with E-state index in [2.05, 4.69) is 68.7 Å². The van der Waals surface area contributed by atoms with E-state index in [0.29, 0.717) is 23.6 Å². The van der Waals surface area contributed by atoms with Crippen LogP contribution in [0.5, 0.6) is 0 Å². The molecule has 0 bridgehead atoms. The summed E-state index contributed by atoms with van der Waals surface area (Å²) in [4.78, 5) is 17.0. The van der Waals surface area contributed by atoms with Crippen molar-refractivity contribution >= 4 is 40.6 Å². The molecule has 4 heterocycles. The van der Waals surface area contributed by atoms with Crippen LogP contribution in [0.3, 0.4) is 0 Å². The molecule has 4 aromatic rings. The molecule has 0 amide bonds. The van der Waals surface area contributed by atoms with Crippen LogP contribution in [0.4, 0.5) is 23.3 Å². The van der Waals surface area contributed by atoms with Crippen molar-refractivity contribution in [1.29, 1.82) is 0 Å². The smallest absolute Gasteiger partial charge is 0.232 e. The first kappa shape index (κ1) is 27.1. The highest BCUT2D eigenvalue weighted by Gasteiger charge is 2.24. The van der Waals surface area contributed by atoms with Crippen LogP contribution in [0, 0.1) is 0 Å². The molecule has 0 radical (unpaired) electrons. The minimum atomic E-state index is 0.442. The summed E-state index contributed by atoms with van der Waals surface area (Å²) in [6.07, 6.45) is 3.61. The molecule has 0 spiro atoms. The van der Waals surface area contributed by atoms with Crippen LogP contribution in [0.15, 0.2) is 83.3 Å². The summed E-state index contributed by atoms with van der Waals surface area (Å²) < 4.78 is 6.02. The molecule has 0 unspecified atom stereocenters. The van der Waals surface area contributed by atoms with E-state index in [0.717, 1.165) is 61.4 Å². The topological polar surface area (TPSA) is 72.7 Å². The Morgan fingerprint density at radius 2 is 1.56 bits per heavy atom. The third-order valence-electron chi connectivity index (χ3n) is 7.89. The molecule has 2 aromatic heterocycles. The lowest BCUT2D eigenvalue weighted by Crippen LogP contribution is -2.47. The van der Waals surface area contributed by atoms with E-state index in [9.17, 15) is 0 Å². The normalized spacial score (nSPS) is 17.4. The van der Waals surface area contributed by atoms with Crippen LogP contribution < -0.4 is 25.3 Å². The minimum absolute atomic E-state index is 0.442. The lowest BCUT2D eigenvalue weighted by Gasteiger charge is -2.38. The fourth-order valence-electron chi connectivity index (χ4n) is 5.60. The summed E-state index contributed by atoms with van der Waals surface area (Å²) in [5.74, 6) is 4.05. The second-order valence-electron chi connectivity index (χ2n) is 10.7. The highest BCUT2D eigenvalue weighted by atomic mass is 32.1. The highest BCUT2D eigenvalue weighted by Crippen LogP contribution is 2.28. The maximum atomic E-state index is 6.02. The van der Waals surface area contributed by atoms with E-state index in [1.165, 1.54) is 24.9 Å². The monoisotopic (exact) mass is 567 g/mol. The Morgan fingerprint density at radius 3 is 2.32 bits per heavy atom. The Labute approximate surface area is 247 Å². The van der Waals surface area contributed by atoms with Gasteiger partial charge in [-0.25, -0.2) is 0 Å². The molecule has 2 saturated heterocycles. The van der Waals surface area contributed by atoms with E-state index in [-0.39, 0.29) is 0 Å². The van der Waals surface area contributed by atoms with Crippen molar-refractivity contribution < 1.29 is 4.42 Å². The Morgan fingerprint density at radius 1 is 0.854 bits per heavy atom. The van der Waals surface area contributed by atoms with E-state index >= 15 is 0 Å². The van der Waals surface area contributed by atoms with E-state index in [4.69, 9.17) is 26.6 Å². The number of para-hydroxylation sites is 1.